The maximum atomic E-state index is 13.5. The predicted molar refractivity (Wildman–Crippen MR) is 151 cm³/mol. The van der Waals surface area contributed by atoms with Gasteiger partial charge in [0.1, 0.15) is 30.5 Å². The average molecular weight is 557 g/mol. The molecule has 2 saturated heterocycles. The monoisotopic (exact) mass is 556 g/mol. The summed E-state index contributed by atoms with van der Waals surface area (Å²) in [7, 11) is 0. The Morgan fingerprint density at radius 1 is 0.829 bits per heavy atom. The van der Waals surface area contributed by atoms with Gasteiger partial charge in [0.25, 0.3) is 11.7 Å². The van der Waals surface area contributed by atoms with Crippen LogP contribution in [0.3, 0.4) is 0 Å². The van der Waals surface area contributed by atoms with Gasteiger partial charge in [-0.15, -0.1) is 0 Å². The maximum absolute atomic E-state index is 13.5. The highest BCUT2D eigenvalue weighted by molar-refractivity contribution is 6.46. The number of amides is 1. The summed E-state index contributed by atoms with van der Waals surface area (Å²) in [5.41, 5.74) is 1.08. The van der Waals surface area contributed by atoms with Crippen LogP contribution in [0.1, 0.15) is 23.6 Å². The smallest absolute Gasteiger partial charge is 0.295 e. The number of aliphatic hydroxyl groups is 1. The van der Waals surface area contributed by atoms with Gasteiger partial charge in [-0.25, -0.2) is 0 Å². The van der Waals surface area contributed by atoms with Crippen LogP contribution >= 0.6 is 0 Å². The topological polar surface area (TPSA) is 97.8 Å². The number of carbonyl (C=O) groups is 2. The van der Waals surface area contributed by atoms with Crippen molar-refractivity contribution in [3.63, 3.8) is 0 Å². The van der Waals surface area contributed by atoms with Gasteiger partial charge in [0.2, 0.25) is 0 Å². The van der Waals surface area contributed by atoms with Gasteiger partial charge < -0.3 is 29.0 Å². The second-order valence-corrected chi connectivity index (χ2v) is 10.1. The van der Waals surface area contributed by atoms with Crippen LogP contribution in [-0.2, 0) is 14.3 Å². The number of ketones is 1. The van der Waals surface area contributed by atoms with E-state index in [2.05, 4.69) is 4.90 Å². The molecule has 0 saturated carbocycles. The Balaban J connectivity index is 1.35. The largest absolute Gasteiger partial charge is 0.507 e. The van der Waals surface area contributed by atoms with Crippen LogP contribution in [0.25, 0.3) is 5.76 Å². The molecule has 0 spiro atoms. The maximum Gasteiger partial charge on any atom is 0.295 e. The van der Waals surface area contributed by atoms with E-state index >= 15 is 0 Å². The lowest BCUT2D eigenvalue weighted by Crippen LogP contribution is -2.38. The number of likely N-dealkylation sites (tertiary alicyclic amines) is 1. The Bertz CT molecular complexity index is 1450. The summed E-state index contributed by atoms with van der Waals surface area (Å²) in [5.74, 6) is 0.671. The predicted octanol–water partition coefficient (Wildman–Crippen LogP) is 4.39. The van der Waals surface area contributed by atoms with E-state index in [-0.39, 0.29) is 11.3 Å². The number of benzene rings is 3. The minimum atomic E-state index is -0.785. The fourth-order valence-electron chi connectivity index (χ4n) is 5.47. The van der Waals surface area contributed by atoms with Crippen molar-refractivity contribution in [2.45, 2.75) is 12.5 Å². The van der Waals surface area contributed by atoms with E-state index in [1.807, 2.05) is 54.6 Å². The number of Topliss-reactive ketones (excluding diaryl/α,β-unsaturated/α-hetero) is 1. The first kappa shape index (κ1) is 26.9. The number of rotatable bonds is 8. The van der Waals surface area contributed by atoms with Gasteiger partial charge in [-0.05, 0) is 54.4 Å². The number of carbonyl (C=O) groups excluding carboxylic acids is 2. The minimum Gasteiger partial charge on any atom is -0.507 e. The highest BCUT2D eigenvalue weighted by Gasteiger charge is 2.46. The van der Waals surface area contributed by atoms with Crippen molar-refractivity contribution in [1.82, 2.24) is 9.80 Å². The second kappa shape index (κ2) is 12.0. The standard InChI is InChI=1S/C32H32N2O7/c35-30(23-10-11-26-27(21-23)40-19-18-39-26)28-29(22-6-4-9-25(20-22)41-24-7-2-1-3-8-24)34(32(37)31(28)36)13-5-12-33-14-16-38-17-15-33/h1-4,6-11,20-21,29,35H,5,12-19H2/t29-/m1/s1. The van der Waals surface area contributed by atoms with Crippen molar-refractivity contribution in [1.29, 1.82) is 0 Å². The lowest BCUT2D eigenvalue weighted by atomic mass is 9.95. The molecule has 41 heavy (non-hydrogen) atoms. The van der Waals surface area contributed by atoms with E-state index in [1.54, 1.807) is 23.1 Å². The molecule has 3 aromatic carbocycles. The number of ether oxygens (including phenoxy) is 4. The van der Waals surface area contributed by atoms with Crippen LogP contribution in [0.2, 0.25) is 0 Å². The van der Waals surface area contributed by atoms with Crippen LogP contribution in [0.5, 0.6) is 23.0 Å². The van der Waals surface area contributed by atoms with Crippen LogP contribution in [0, 0.1) is 0 Å². The minimum absolute atomic E-state index is 0.0370. The van der Waals surface area contributed by atoms with Crippen molar-refractivity contribution < 1.29 is 33.6 Å². The van der Waals surface area contributed by atoms with E-state index in [9.17, 15) is 14.7 Å². The van der Waals surface area contributed by atoms with E-state index in [0.29, 0.717) is 73.5 Å². The molecule has 0 aromatic heterocycles. The average Bonchev–Trinajstić information content (AvgIpc) is 3.27. The van der Waals surface area contributed by atoms with Gasteiger partial charge in [0.15, 0.2) is 11.5 Å². The molecule has 0 aliphatic carbocycles. The zero-order chi connectivity index (χ0) is 28.2. The fraction of sp³-hybridized carbons (Fsp3) is 0.312. The van der Waals surface area contributed by atoms with Gasteiger partial charge in [-0.3, -0.25) is 14.5 Å². The molecular formula is C32H32N2O7. The molecule has 0 radical (unpaired) electrons. The third kappa shape index (κ3) is 5.77. The summed E-state index contributed by atoms with van der Waals surface area (Å²) < 4.78 is 22.8. The van der Waals surface area contributed by atoms with Crippen molar-refractivity contribution >= 4 is 17.4 Å². The van der Waals surface area contributed by atoms with Crippen molar-refractivity contribution in [3.8, 4) is 23.0 Å². The number of aliphatic hydroxyl groups excluding tert-OH is 1. The molecule has 3 aromatic rings. The summed E-state index contributed by atoms with van der Waals surface area (Å²) in [4.78, 5) is 30.8. The molecule has 3 aliphatic heterocycles. The molecule has 1 amide bonds. The molecule has 0 unspecified atom stereocenters. The van der Waals surface area contributed by atoms with Gasteiger partial charge >= 0.3 is 0 Å². The first-order valence-electron chi connectivity index (χ1n) is 13.9. The Morgan fingerprint density at radius 3 is 2.39 bits per heavy atom. The molecule has 3 heterocycles. The van der Waals surface area contributed by atoms with Gasteiger partial charge in [-0.1, -0.05) is 30.3 Å². The summed E-state index contributed by atoms with van der Waals surface area (Å²) in [6.07, 6.45) is 0.674. The van der Waals surface area contributed by atoms with E-state index in [0.717, 1.165) is 19.6 Å². The summed E-state index contributed by atoms with van der Waals surface area (Å²) in [5, 5.41) is 11.5. The molecule has 9 nitrogen and oxygen atoms in total. The SMILES string of the molecule is O=C1C(=O)N(CCCN2CCOCC2)[C@H](c2cccc(Oc3ccccc3)c2)C1=C(O)c1ccc2c(c1)OCCO2. The quantitative estimate of drug-likeness (QED) is 0.248. The molecule has 3 aliphatic rings. The zero-order valence-corrected chi connectivity index (χ0v) is 22.7. The number of hydrogen-bond donors (Lipinski definition) is 1. The van der Waals surface area contributed by atoms with Crippen LogP contribution in [0.15, 0.2) is 78.4 Å². The lowest BCUT2D eigenvalue weighted by molar-refractivity contribution is -0.140. The van der Waals surface area contributed by atoms with Gasteiger partial charge in [-0.2, -0.15) is 0 Å². The van der Waals surface area contributed by atoms with Crippen LogP contribution in [-0.4, -0.2) is 79.2 Å². The molecule has 1 N–H and O–H groups in total. The summed E-state index contributed by atoms with van der Waals surface area (Å²) in [6.45, 7) is 5.01. The summed E-state index contributed by atoms with van der Waals surface area (Å²) >= 11 is 0. The molecule has 9 heteroatoms. The first-order valence-corrected chi connectivity index (χ1v) is 13.9. The van der Waals surface area contributed by atoms with Crippen molar-refractivity contribution in [2.24, 2.45) is 0 Å². The van der Waals surface area contributed by atoms with E-state index in [4.69, 9.17) is 18.9 Å². The second-order valence-electron chi connectivity index (χ2n) is 10.1. The number of morpholine rings is 1. The van der Waals surface area contributed by atoms with Crippen LogP contribution < -0.4 is 14.2 Å². The van der Waals surface area contributed by atoms with Crippen molar-refractivity contribution in [2.75, 3.05) is 52.6 Å². The van der Waals surface area contributed by atoms with E-state index < -0.39 is 17.7 Å². The molecule has 1 atom stereocenters. The molecule has 212 valence electrons. The highest BCUT2D eigenvalue weighted by Crippen LogP contribution is 2.42. The zero-order valence-electron chi connectivity index (χ0n) is 22.7. The Morgan fingerprint density at radius 2 is 1.59 bits per heavy atom. The third-order valence-corrected chi connectivity index (χ3v) is 7.49. The highest BCUT2D eigenvalue weighted by atomic mass is 16.6. The van der Waals surface area contributed by atoms with Crippen molar-refractivity contribution in [3.05, 3.63) is 89.5 Å². The number of nitrogens with zero attached hydrogens (tertiary/aromatic N) is 2. The third-order valence-electron chi connectivity index (χ3n) is 7.49. The lowest BCUT2D eigenvalue weighted by Gasteiger charge is -2.29. The molecule has 2 fully saturated rings. The fourth-order valence-corrected chi connectivity index (χ4v) is 5.47. The Kier molecular flexibility index (Phi) is 7.89. The Hall–Kier alpha value is -4.34. The van der Waals surface area contributed by atoms with Gasteiger partial charge in [0.05, 0.1) is 24.8 Å². The molecular weight excluding hydrogens is 524 g/mol. The molecule has 0 bridgehead atoms. The van der Waals surface area contributed by atoms with Gasteiger partial charge in [0, 0.05) is 31.7 Å². The number of hydrogen-bond acceptors (Lipinski definition) is 8. The Labute approximate surface area is 238 Å². The van der Waals surface area contributed by atoms with Crippen LogP contribution in [0.4, 0.5) is 0 Å². The van der Waals surface area contributed by atoms with E-state index in [1.165, 1.54) is 0 Å². The summed E-state index contributed by atoms with van der Waals surface area (Å²) in [6, 6.07) is 20.9. The normalized spacial score (nSPS) is 20.3. The molecule has 6 rings (SSSR count). The number of fused-ring (bicyclic) bond motifs is 1. The first-order chi connectivity index (χ1) is 20.1. The number of para-hydroxylation sites is 1.